The molecule has 1 aromatic rings. The molecule has 134 valence electrons. The minimum atomic E-state index is -0.00453. The Morgan fingerprint density at radius 3 is 2.54 bits per heavy atom. The van der Waals surface area contributed by atoms with E-state index in [9.17, 15) is 4.79 Å². The number of aromatic nitrogens is 1. The van der Waals surface area contributed by atoms with Crippen LogP contribution in [0.4, 0.5) is 0 Å². The summed E-state index contributed by atoms with van der Waals surface area (Å²) in [4.78, 5) is 12.6. The summed E-state index contributed by atoms with van der Waals surface area (Å²) in [5.41, 5.74) is 0.332. The summed E-state index contributed by atoms with van der Waals surface area (Å²) < 4.78 is 8.30. The zero-order valence-electron chi connectivity index (χ0n) is 15.8. The molecule has 0 aromatic carbocycles. The predicted octanol–water partition coefficient (Wildman–Crippen LogP) is 5.37. The van der Waals surface area contributed by atoms with Crippen LogP contribution >= 0.6 is 0 Å². The van der Waals surface area contributed by atoms with Crippen molar-refractivity contribution in [1.82, 2.24) is 4.57 Å². The van der Waals surface area contributed by atoms with Gasteiger partial charge in [-0.1, -0.05) is 34.1 Å². The van der Waals surface area contributed by atoms with Crippen LogP contribution in [-0.4, -0.2) is 16.6 Å². The SMILES string of the molecule is CCC[C@@H](CCC(=O)O[C@H]1C(C)(C)[C@H]2CC[C@]1(C)C2)n1cccc1. The molecule has 1 heterocycles. The number of ether oxygens (including phenoxy) is 1. The maximum Gasteiger partial charge on any atom is 0.306 e. The van der Waals surface area contributed by atoms with Crippen molar-refractivity contribution in [3.8, 4) is 0 Å². The van der Waals surface area contributed by atoms with E-state index in [4.69, 9.17) is 4.74 Å². The van der Waals surface area contributed by atoms with E-state index in [2.05, 4.69) is 56.8 Å². The first-order valence-corrected chi connectivity index (χ1v) is 9.69. The second-order valence-electron chi connectivity index (χ2n) is 8.90. The Bertz CT molecular complexity index is 558. The van der Waals surface area contributed by atoms with Gasteiger partial charge in [-0.25, -0.2) is 0 Å². The van der Waals surface area contributed by atoms with Gasteiger partial charge < -0.3 is 9.30 Å². The molecule has 3 nitrogen and oxygen atoms in total. The fourth-order valence-electron chi connectivity index (χ4n) is 5.39. The van der Waals surface area contributed by atoms with Crippen LogP contribution in [0, 0.1) is 16.7 Å². The van der Waals surface area contributed by atoms with Gasteiger partial charge in [-0.2, -0.15) is 0 Å². The van der Waals surface area contributed by atoms with E-state index in [-0.39, 0.29) is 22.9 Å². The van der Waals surface area contributed by atoms with Gasteiger partial charge in [0.05, 0.1) is 0 Å². The Morgan fingerprint density at radius 2 is 1.96 bits per heavy atom. The number of carbonyl (C=O) groups is 1. The van der Waals surface area contributed by atoms with Crippen molar-refractivity contribution in [2.75, 3.05) is 0 Å². The fraction of sp³-hybridized carbons (Fsp3) is 0.762. The lowest BCUT2D eigenvalue weighted by molar-refractivity contribution is -0.164. The second kappa shape index (κ2) is 6.57. The molecule has 3 heteroatoms. The van der Waals surface area contributed by atoms with E-state index in [1.54, 1.807) is 0 Å². The van der Waals surface area contributed by atoms with Crippen molar-refractivity contribution >= 4 is 5.97 Å². The lowest BCUT2D eigenvalue weighted by Crippen LogP contribution is -2.43. The number of fused-ring (bicyclic) bond motifs is 2. The van der Waals surface area contributed by atoms with Gasteiger partial charge in [0.2, 0.25) is 0 Å². The molecule has 0 amide bonds. The van der Waals surface area contributed by atoms with E-state index in [1.165, 1.54) is 19.3 Å². The topological polar surface area (TPSA) is 31.2 Å². The van der Waals surface area contributed by atoms with Crippen LogP contribution in [0.25, 0.3) is 0 Å². The van der Waals surface area contributed by atoms with Gasteiger partial charge in [-0.15, -0.1) is 0 Å². The molecule has 0 aliphatic heterocycles. The second-order valence-corrected chi connectivity index (χ2v) is 8.90. The van der Waals surface area contributed by atoms with Gasteiger partial charge in [-0.3, -0.25) is 4.79 Å². The van der Waals surface area contributed by atoms with Gasteiger partial charge in [0, 0.05) is 35.7 Å². The van der Waals surface area contributed by atoms with Crippen molar-refractivity contribution in [2.24, 2.45) is 16.7 Å². The quantitative estimate of drug-likeness (QED) is 0.629. The average Bonchev–Trinajstić information content (AvgIpc) is 3.21. The molecule has 2 saturated carbocycles. The van der Waals surface area contributed by atoms with E-state index in [1.807, 2.05) is 0 Å². The predicted molar refractivity (Wildman–Crippen MR) is 96.7 cm³/mol. The number of hydrogen-bond donors (Lipinski definition) is 0. The summed E-state index contributed by atoms with van der Waals surface area (Å²) in [6, 6.07) is 4.51. The van der Waals surface area contributed by atoms with Crippen LogP contribution in [-0.2, 0) is 9.53 Å². The Morgan fingerprint density at radius 1 is 1.25 bits per heavy atom. The first kappa shape index (κ1) is 17.6. The van der Waals surface area contributed by atoms with Gasteiger partial charge in [0.25, 0.3) is 0 Å². The van der Waals surface area contributed by atoms with Crippen LogP contribution < -0.4 is 0 Å². The first-order valence-electron chi connectivity index (χ1n) is 9.69. The maximum atomic E-state index is 12.6. The van der Waals surface area contributed by atoms with Crippen molar-refractivity contribution in [3.05, 3.63) is 24.5 Å². The maximum absolute atomic E-state index is 12.6. The average molecular weight is 332 g/mol. The molecule has 2 fully saturated rings. The van der Waals surface area contributed by atoms with E-state index >= 15 is 0 Å². The van der Waals surface area contributed by atoms with Gasteiger partial charge in [0.1, 0.15) is 6.10 Å². The standard InChI is InChI=1S/C21H33NO2/c1-5-8-17(22-13-6-7-14-22)9-10-18(23)24-19-20(2,3)16-11-12-21(19,4)15-16/h6-7,13-14,16-17,19H,5,8-12,15H2,1-4H3/t16-,17-,19-,21+/m0/s1. The summed E-state index contributed by atoms with van der Waals surface area (Å²) in [7, 11) is 0. The molecular formula is C21H33NO2. The van der Waals surface area contributed by atoms with E-state index in [0.29, 0.717) is 18.4 Å². The highest BCUT2D eigenvalue weighted by Crippen LogP contribution is 2.63. The zero-order chi connectivity index (χ0) is 17.4. The highest BCUT2D eigenvalue weighted by Gasteiger charge is 2.61. The summed E-state index contributed by atoms with van der Waals surface area (Å²) in [6.45, 7) is 9.10. The molecule has 0 radical (unpaired) electrons. The third kappa shape index (κ3) is 3.14. The minimum absolute atomic E-state index is 0.00453. The third-order valence-electron chi connectivity index (χ3n) is 6.74. The molecule has 24 heavy (non-hydrogen) atoms. The number of rotatable bonds is 7. The molecule has 2 bridgehead atoms. The highest BCUT2D eigenvalue weighted by atomic mass is 16.5. The summed E-state index contributed by atoms with van der Waals surface area (Å²) >= 11 is 0. The first-order chi connectivity index (χ1) is 11.4. The molecule has 1 aromatic heterocycles. The lowest BCUT2D eigenvalue weighted by atomic mass is 9.70. The Labute approximate surface area is 146 Å². The van der Waals surface area contributed by atoms with Crippen LogP contribution in [0.3, 0.4) is 0 Å². The largest absolute Gasteiger partial charge is 0.461 e. The number of hydrogen-bond acceptors (Lipinski definition) is 2. The van der Waals surface area contributed by atoms with Gasteiger partial charge in [0.15, 0.2) is 0 Å². The van der Waals surface area contributed by atoms with Crippen molar-refractivity contribution in [2.45, 2.75) is 84.8 Å². The normalized spacial score (nSPS) is 32.0. The van der Waals surface area contributed by atoms with Crippen molar-refractivity contribution in [1.29, 1.82) is 0 Å². The van der Waals surface area contributed by atoms with Gasteiger partial charge in [-0.05, 0) is 50.2 Å². The molecule has 0 N–H and O–H groups in total. The van der Waals surface area contributed by atoms with Crippen molar-refractivity contribution < 1.29 is 9.53 Å². The van der Waals surface area contributed by atoms with Gasteiger partial charge >= 0.3 is 5.97 Å². The molecule has 0 saturated heterocycles. The highest BCUT2D eigenvalue weighted by molar-refractivity contribution is 5.69. The Hall–Kier alpha value is -1.25. The number of esters is 1. The molecule has 0 spiro atoms. The van der Waals surface area contributed by atoms with Crippen molar-refractivity contribution in [3.63, 3.8) is 0 Å². The lowest BCUT2D eigenvalue weighted by Gasteiger charge is -2.41. The molecule has 2 aliphatic carbocycles. The molecular weight excluding hydrogens is 298 g/mol. The van der Waals surface area contributed by atoms with Crippen LogP contribution in [0.15, 0.2) is 24.5 Å². The monoisotopic (exact) mass is 331 g/mol. The number of carbonyl (C=O) groups excluding carboxylic acids is 1. The summed E-state index contributed by atoms with van der Waals surface area (Å²) in [5.74, 6) is 0.711. The van der Waals surface area contributed by atoms with E-state index in [0.717, 1.165) is 19.3 Å². The summed E-state index contributed by atoms with van der Waals surface area (Å²) in [5, 5.41) is 0. The molecule has 4 atom stereocenters. The summed E-state index contributed by atoms with van der Waals surface area (Å²) in [6.07, 6.45) is 11.7. The Balaban J connectivity index is 1.57. The third-order valence-corrected chi connectivity index (χ3v) is 6.74. The molecule has 0 unspecified atom stereocenters. The molecule has 3 rings (SSSR count). The minimum Gasteiger partial charge on any atom is -0.461 e. The smallest absolute Gasteiger partial charge is 0.306 e. The Kier molecular flexibility index (Phi) is 4.81. The fourth-order valence-corrected chi connectivity index (χ4v) is 5.39. The molecule has 2 aliphatic rings. The van der Waals surface area contributed by atoms with Crippen LogP contribution in [0.1, 0.15) is 78.7 Å². The zero-order valence-corrected chi connectivity index (χ0v) is 15.8. The van der Waals surface area contributed by atoms with E-state index < -0.39 is 0 Å². The van der Waals surface area contributed by atoms with Crippen LogP contribution in [0.2, 0.25) is 0 Å². The van der Waals surface area contributed by atoms with Crippen LogP contribution in [0.5, 0.6) is 0 Å². The number of nitrogens with zero attached hydrogens (tertiary/aromatic N) is 1.